The van der Waals surface area contributed by atoms with E-state index in [2.05, 4.69) is 13.8 Å². The molecule has 2 unspecified atom stereocenters. The molecule has 0 bridgehead atoms. The van der Waals surface area contributed by atoms with Gasteiger partial charge in [-0.05, 0) is 60.1 Å². The van der Waals surface area contributed by atoms with E-state index in [4.69, 9.17) is 0 Å². The van der Waals surface area contributed by atoms with Crippen molar-refractivity contribution in [2.45, 2.75) is 32.6 Å². The highest BCUT2D eigenvalue weighted by atomic mass is 16.3. The first-order valence-corrected chi connectivity index (χ1v) is 7.33. The van der Waals surface area contributed by atoms with E-state index in [-0.39, 0.29) is 17.6 Å². The van der Waals surface area contributed by atoms with Crippen LogP contribution >= 0.6 is 0 Å². The Morgan fingerprint density at radius 3 is 2.05 bits per heavy atom. The second-order valence-corrected chi connectivity index (χ2v) is 5.33. The van der Waals surface area contributed by atoms with Crippen LogP contribution in [0.25, 0.3) is 0 Å². The number of carbonyl (C=O) groups excluding carboxylic acids is 2. The second-order valence-electron chi connectivity index (χ2n) is 5.33. The first-order valence-electron chi connectivity index (χ1n) is 7.33. The predicted octanol–water partition coefficient (Wildman–Crippen LogP) is 3.55. The number of rotatable bonds is 5. The molecule has 0 saturated heterocycles. The molecule has 0 saturated carbocycles. The van der Waals surface area contributed by atoms with Crippen molar-refractivity contribution in [1.82, 2.24) is 0 Å². The van der Waals surface area contributed by atoms with Gasteiger partial charge in [0.2, 0.25) is 11.6 Å². The summed E-state index contributed by atoms with van der Waals surface area (Å²) >= 11 is 0. The smallest absolute Gasteiger partial charge is 0.225 e. The number of phenols is 1. The fourth-order valence-corrected chi connectivity index (χ4v) is 2.98. The van der Waals surface area contributed by atoms with Gasteiger partial charge in [0.25, 0.3) is 0 Å². The quantitative estimate of drug-likeness (QED) is 0.664. The molecule has 0 aromatic heterocycles. The number of hydrogen-bond donors (Lipinski definition) is 1. The number of allylic oxidation sites excluding steroid dienone is 4. The van der Waals surface area contributed by atoms with Gasteiger partial charge in [-0.25, -0.2) is 0 Å². The molecule has 1 aliphatic rings. The fraction of sp³-hybridized carbons (Fsp3) is 0.333. The zero-order valence-electron chi connectivity index (χ0n) is 12.4. The Morgan fingerprint density at radius 2 is 1.52 bits per heavy atom. The summed E-state index contributed by atoms with van der Waals surface area (Å²) < 4.78 is 0. The highest BCUT2D eigenvalue weighted by Gasteiger charge is 2.26. The van der Waals surface area contributed by atoms with Crippen LogP contribution in [0.2, 0.25) is 0 Å². The summed E-state index contributed by atoms with van der Waals surface area (Å²) in [4.78, 5) is 22.9. The molecule has 0 aliphatic heterocycles. The third kappa shape index (κ3) is 3.30. The van der Waals surface area contributed by atoms with E-state index in [0.717, 1.165) is 24.0 Å². The van der Waals surface area contributed by atoms with Gasteiger partial charge >= 0.3 is 0 Å². The lowest BCUT2D eigenvalue weighted by Crippen LogP contribution is -2.19. The summed E-state index contributed by atoms with van der Waals surface area (Å²) in [6.45, 7) is 4.20. The fourth-order valence-electron chi connectivity index (χ4n) is 2.98. The first-order chi connectivity index (χ1) is 10.1. The van der Waals surface area contributed by atoms with E-state index < -0.39 is 11.6 Å². The Morgan fingerprint density at radius 1 is 0.905 bits per heavy atom. The minimum atomic E-state index is -0.453. The van der Waals surface area contributed by atoms with Gasteiger partial charge in [-0.2, -0.15) is 0 Å². The maximum absolute atomic E-state index is 11.6. The molecule has 1 aromatic carbocycles. The molecule has 1 aromatic rings. The highest BCUT2D eigenvalue weighted by Crippen LogP contribution is 2.37. The first kappa shape index (κ1) is 15.2. The number of phenolic OH excluding ortho intramolecular Hbond substituents is 1. The van der Waals surface area contributed by atoms with Gasteiger partial charge in [0.05, 0.1) is 0 Å². The van der Waals surface area contributed by atoms with Gasteiger partial charge < -0.3 is 5.11 Å². The minimum Gasteiger partial charge on any atom is -0.508 e. The van der Waals surface area contributed by atoms with E-state index in [1.807, 2.05) is 12.1 Å². The predicted molar refractivity (Wildman–Crippen MR) is 82.2 cm³/mol. The Balaban J connectivity index is 2.32. The molecule has 1 aliphatic carbocycles. The number of aromatic hydroxyl groups is 1. The summed E-state index contributed by atoms with van der Waals surface area (Å²) in [6, 6.07) is 7.22. The monoisotopic (exact) mass is 284 g/mol. The average Bonchev–Trinajstić information content (AvgIpc) is 2.49. The van der Waals surface area contributed by atoms with Gasteiger partial charge in [-0.3, -0.25) is 9.59 Å². The van der Waals surface area contributed by atoms with Crippen LogP contribution in [0, 0.1) is 5.92 Å². The molecule has 3 nitrogen and oxygen atoms in total. The summed E-state index contributed by atoms with van der Waals surface area (Å²) in [7, 11) is 0. The van der Waals surface area contributed by atoms with E-state index in [1.165, 1.54) is 12.2 Å². The topological polar surface area (TPSA) is 54.4 Å². The van der Waals surface area contributed by atoms with E-state index in [9.17, 15) is 14.7 Å². The normalized spacial score (nSPS) is 17.5. The van der Waals surface area contributed by atoms with Crippen molar-refractivity contribution in [2.24, 2.45) is 5.92 Å². The molecule has 2 rings (SSSR count). The molecule has 110 valence electrons. The number of benzene rings is 1. The molecule has 0 amide bonds. The zero-order valence-corrected chi connectivity index (χ0v) is 12.4. The highest BCUT2D eigenvalue weighted by molar-refractivity contribution is 6.46. The van der Waals surface area contributed by atoms with E-state index in [0.29, 0.717) is 0 Å². The van der Waals surface area contributed by atoms with Crippen LogP contribution in [0.5, 0.6) is 5.75 Å². The van der Waals surface area contributed by atoms with Crippen LogP contribution in [0.4, 0.5) is 0 Å². The lowest BCUT2D eigenvalue weighted by Gasteiger charge is -2.27. The maximum atomic E-state index is 11.6. The van der Waals surface area contributed by atoms with Crippen molar-refractivity contribution < 1.29 is 14.7 Å². The maximum Gasteiger partial charge on any atom is 0.225 e. The van der Waals surface area contributed by atoms with E-state index >= 15 is 0 Å². The van der Waals surface area contributed by atoms with Gasteiger partial charge in [-0.15, -0.1) is 0 Å². The molecule has 3 heteroatoms. The Bertz CT molecular complexity index is 593. The lowest BCUT2D eigenvalue weighted by molar-refractivity contribution is -0.131. The molecule has 0 radical (unpaired) electrons. The summed E-state index contributed by atoms with van der Waals surface area (Å²) in [6.07, 6.45) is 6.41. The van der Waals surface area contributed by atoms with Crippen LogP contribution in [-0.4, -0.2) is 16.7 Å². The standard InChI is InChI=1S/C18H20O3/c1-3-15(12-5-8-14(19)9-6-12)16(4-2)13-7-10-17(20)18(21)11-13/h5-11,15-16,19H,3-4H2,1-2H3. The average molecular weight is 284 g/mol. The Kier molecular flexibility index (Phi) is 4.73. The van der Waals surface area contributed by atoms with Crippen molar-refractivity contribution in [3.63, 3.8) is 0 Å². The van der Waals surface area contributed by atoms with Crippen LogP contribution in [-0.2, 0) is 9.59 Å². The van der Waals surface area contributed by atoms with Crippen molar-refractivity contribution in [3.8, 4) is 5.75 Å². The van der Waals surface area contributed by atoms with Crippen molar-refractivity contribution in [3.05, 3.63) is 53.6 Å². The number of ketones is 2. The van der Waals surface area contributed by atoms with E-state index in [1.54, 1.807) is 18.2 Å². The molecule has 2 atom stereocenters. The summed E-state index contributed by atoms with van der Waals surface area (Å²) in [5, 5.41) is 9.41. The molecule has 0 fully saturated rings. The largest absolute Gasteiger partial charge is 0.508 e. The summed E-state index contributed by atoms with van der Waals surface area (Å²) in [5.74, 6) is -0.197. The van der Waals surface area contributed by atoms with Crippen LogP contribution < -0.4 is 0 Å². The Hall–Kier alpha value is -2.16. The van der Waals surface area contributed by atoms with Gasteiger partial charge in [0.15, 0.2) is 0 Å². The molecule has 1 N–H and O–H groups in total. The lowest BCUT2D eigenvalue weighted by atomic mass is 9.76. The Labute approximate surface area is 125 Å². The van der Waals surface area contributed by atoms with Crippen LogP contribution in [0.3, 0.4) is 0 Å². The minimum absolute atomic E-state index is 0.188. The third-order valence-electron chi connectivity index (χ3n) is 4.08. The number of hydrogen-bond acceptors (Lipinski definition) is 3. The summed E-state index contributed by atoms with van der Waals surface area (Å²) in [5.41, 5.74) is 2.06. The third-order valence-corrected chi connectivity index (χ3v) is 4.08. The zero-order chi connectivity index (χ0) is 15.4. The second kappa shape index (κ2) is 6.53. The molecule has 0 heterocycles. The van der Waals surface area contributed by atoms with Crippen molar-refractivity contribution >= 4 is 11.6 Å². The SMILES string of the molecule is CCC(C1=CC(=O)C(=O)C=C1)C(CC)c1ccc(O)cc1. The van der Waals surface area contributed by atoms with Gasteiger partial charge in [-0.1, -0.05) is 32.1 Å². The van der Waals surface area contributed by atoms with Crippen molar-refractivity contribution in [2.75, 3.05) is 0 Å². The van der Waals surface area contributed by atoms with Crippen LogP contribution in [0.15, 0.2) is 48.1 Å². The molecule has 21 heavy (non-hydrogen) atoms. The van der Waals surface area contributed by atoms with Crippen molar-refractivity contribution in [1.29, 1.82) is 0 Å². The molecular weight excluding hydrogens is 264 g/mol. The molecule has 0 spiro atoms. The number of carbonyl (C=O) groups is 2. The van der Waals surface area contributed by atoms with Gasteiger partial charge in [0, 0.05) is 0 Å². The molecular formula is C18H20O3. The van der Waals surface area contributed by atoms with Gasteiger partial charge in [0.1, 0.15) is 5.75 Å². The van der Waals surface area contributed by atoms with Crippen LogP contribution in [0.1, 0.15) is 38.2 Å².